The van der Waals surface area contributed by atoms with Gasteiger partial charge in [-0.3, -0.25) is 4.90 Å². The molecular formula is C20H28N4O3. The van der Waals surface area contributed by atoms with Gasteiger partial charge < -0.3 is 19.9 Å². The molecule has 3 fully saturated rings. The average molecular weight is 372 g/mol. The molecule has 0 aliphatic carbocycles. The fourth-order valence-electron chi connectivity index (χ4n) is 4.23. The molecule has 0 unspecified atom stereocenters. The molecule has 3 heterocycles. The number of carbonyl (C=O) groups is 2. The van der Waals surface area contributed by atoms with E-state index in [1.165, 1.54) is 32.4 Å². The third-order valence-electron chi connectivity index (χ3n) is 5.76. The lowest BCUT2D eigenvalue weighted by atomic mass is 10.0. The number of urea groups is 1. The summed E-state index contributed by atoms with van der Waals surface area (Å²) in [5.41, 5.74) is 1.81. The summed E-state index contributed by atoms with van der Waals surface area (Å²) in [6.45, 7) is 5.62. The summed E-state index contributed by atoms with van der Waals surface area (Å²) >= 11 is 0. The first-order valence-corrected chi connectivity index (χ1v) is 10.00. The van der Waals surface area contributed by atoms with E-state index < -0.39 is 0 Å². The monoisotopic (exact) mass is 372 g/mol. The number of anilines is 1. The van der Waals surface area contributed by atoms with E-state index in [0.717, 1.165) is 30.8 Å². The molecule has 0 aromatic heterocycles. The quantitative estimate of drug-likeness (QED) is 0.883. The van der Waals surface area contributed by atoms with Crippen molar-refractivity contribution >= 4 is 17.8 Å². The van der Waals surface area contributed by atoms with Crippen LogP contribution in [0.5, 0.6) is 0 Å². The first kappa shape index (κ1) is 18.1. The third-order valence-corrected chi connectivity index (χ3v) is 5.76. The van der Waals surface area contributed by atoms with E-state index in [1.807, 2.05) is 29.2 Å². The fraction of sp³-hybridized carbons (Fsp3) is 0.600. The van der Waals surface area contributed by atoms with Crippen molar-refractivity contribution in [3.05, 3.63) is 29.8 Å². The zero-order chi connectivity index (χ0) is 18.6. The molecule has 27 heavy (non-hydrogen) atoms. The molecular weight excluding hydrogens is 344 g/mol. The predicted octanol–water partition coefficient (Wildman–Crippen LogP) is 2.73. The van der Waals surface area contributed by atoms with Crippen LogP contribution in [-0.4, -0.2) is 72.2 Å². The maximum atomic E-state index is 12.7. The van der Waals surface area contributed by atoms with Crippen molar-refractivity contribution in [3.8, 4) is 0 Å². The molecule has 3 amide bonds. The second kappa shape index (κ2) is 8.17. The lowest BCUT2D eigenvalue weighted by molar-refractivity contribution is 0.132. The minimum absolute atomic E-state index is 0.0187. The molecule has 0 bridgehead atoms. The Balaban J connectivity index is 1.30. The highest BCUT2D eigenvalue weighted by Crippen LogP contribution is 2.21. The van der Waals surface area contributed by atoms with Crippen LogP contribution in [0.15, 0.2) is 24.3 Å². The molecule has 7 heteroatoms. The zero-order valence-electron chi connectivity index (χ0n) is 15.7. The van der Waals surface area contributed by atoms with Crippen molar-refractivity contribution in [2.75, 3.05) is 44.6 Å². The average Bonchev–Trinajstić information content (AvgIpc) is 3.36. The minimum Gasteiger partial charge on any atom is -0.448 e. The van der Waals surface area contributed by atoms with E-state index in [1.54, 1.807) is 4.90 Å². The summed E-state index contributed by atoms with van der Waals surface area (Å²) in [4.78, 5) is 30.4. The molecule has 7 nitrogen and oxygen atoms in total. The van der Waals surface area contributed by atoms with E-state index in [2.05, 4.69) is 10.2 Å². The topological polar surface area (TPSA) is 65.1 Å². The van der Waals surface area contributed by atoms with Gasteiger partial charge in [0.15, 0.2) is 0 Å². The number of hydrogen-bond donors (Lipinski definition) is 1. The molecule has 3 saturated heterocycles. The van der Waals surface area contributed by atoms with Gasteiger partial charge in [-0.2, -0.15) is 0 Å². The Morgan fingerprint density at radius 2 is 1.85 bits per heavy atom. The van der Waals surface area contributed by atoms with Gasteiger partial charge in [0, 0.05) is 31.4 Å². The van der Waals surface area contributed by atoms with Crippen LogP contribution in [0.2, 0.25) is 0 Å². The van der Waals surface area contributed by atoms with Crippen molar-refractivity contribution in [1.29, 1.82) is 0 Å². The highest BCUT2D eigenvalue weighted by atomic mass is 16.6. The van der Waals surface area contributed by atoms with Gasteiger partial charge in [0.05, 0.1) is 6.54 Å². The highest BCUT2D eigenvalue weighted by Gasteiger charge is 2.29. The molecule has 4 rings (SSSR count). The van der Waals surface area contributed by atoms with Gasteiger partial charge in [0.2, 0.25) is 0 Å². The molecule has 3 aliphatic rings. The normalized spacial score (nSPS) is 23.6. The van der Waals surface area contributed by atoms with Crippen molar-refractivity contribution in [1.82, 2.24) is 14.7 Å². The highest BCUT2D eigenvalue weighted by molar-refractivity contribution is 5.89. The third kappa shape index (κ3) is 4.35. The summed E-state index contributed by atoms with van der Waals surface area (Å²) in [6.07, 6.45) is 4.57. The van der Waals surface area contributed by atoms with Crippen molar-refractivity contribution in [2.24, 2.45) is 0 Å². The second-order valence-corrected chi connectivity index (χ2v) is 7.65. The molecule has 3 aliphatic heterocycles. The lowest BCUT2D eigenvalue weighted by Crippen LogP contribution is -2.50. The van der Waals surface area contributed by atoms with Gasteiger partial charge in [-0.25, -0.2) is 9.59 Å². The Kier molecular flexibility index (Phi) is 5.48. The van der Waals surface area contributed by atoms with Crippen LogP contribution < -0.4 is 5.32 Å². The Morgan fingerprint density at radius 3 is 2.56 bits per heavy atom. The summed E-state index contributed by atoms with van der Waals surface area (Å²) in [7, 11) is 0. The van der Waals surface area contributed by atoms with Gasteiger partial charge in [-0.1, -0.05) is 12.1 Å². The van der Waals surface area contributed by atoms with Gasteiger partial charge in [-0.05, 0) is 56.5 Å². The predicted molar refractivity (Wildman–Crippen MR) is 103 cm³/mol. The largest absolute Gasteiger partial charge is 0.448 e. The second-order valence-electron chi connectivity index (χ2n) is 7.65. The SMILES string of the molecule is O=C(Nc1ccc(CN2CCOC2=O)cc1)N1CCC[C@H](N2CCCC2)C1. The van der Waals surface area contributed by atoms with Crippen molar-refractivity contribution < 1.29 is 14.3 Å². The van der Waals surface area contributed by atoms with Crippen LogP contribution in [0.25, 0.3) is 0 Å². The number of ether oxygens (including phenoxy) is 1. The first-order chi connectivity index (χ1) is 13.2. The molecule has 0 spiro atoms. The number of benzene rings is 1. The maximum absolute atomic E-state index is 12.7. The van der Waals surface area contributed by atoms with E-state index in [9.17, 15) is 9.59 Å². The first-order valence-electron chi connectivity index (χ1n) is 10.00. The summed E-state index contributed by atoms with van der Waals surface area (Å²) in [5, 5.41) is 3.02. The minimum atomic E-state index is -0.259. The van der Waals surface area contributed by atoms with Crippen LogP contribution in [0.1, 0.15) is 31.2 Å². The van der Waals surface area contributed by atoms with Crippen LogP contribution >= 0.6 is 0 Å². The van der Waals surface area contributed by atoms with E-state index >= 15 is 0 Å². The number of carbonyl (C=O) groups excluding carboxylic acids is 2. The van der Waals surface area contributed by atoms with Gasteiger partial charge in [0.1, 0.15) is 6.61 Å². The number of likely N-dealkylation sites (tertiary alicyclic amines) is 2. The van der Waals surface area contributed by atoms with Crippen LogP contribution in [0, 0.1) is 0 Å². The number of rotatable bonds is 4. The number of hydrogen-bond acceptors (Lipinski definition) is 4. The van der Waals surface area contributed by atoms with Crippen LogP contribution in [-0.2, 0) is 11.3 Å². The van der Waals surface area contributed by atoms with Crippen LogP contribution in [0.4, 0.5) is 15.3 Å². The lowest BCUT2D eigenvalue weighted by Gasteiger charge is -2.37. The van der Waals surface area contributed by atoms with E-state index in [0.29, 0.717) is 25.7 Å². The van der Waals surface area contributed by atoms with Crippen molar-refractivity contribution in [3.63, 3.8) is 0 Å². The van der Waals surface area contributed by atoms with Gasteiger partial charge >= 0.3 is 12.1 Å². The molecule has 146 valence electrons. The molecule has 1 aromatic carbocycles. The maximum Gasteiger partial charge on any atom is 0.410 e. The smallest absolute Gasteiger partial charge is 0.410 e. The number of piperidine rings is 1. The Labute approximate surface area is 160 Å². The van der Waals surface area contributed by atoms with E-state index in [-0.39, 0.29) is 12.1 Å². The Morgan fingerprint density at radius 1 is 1.07 bits per heavy atom. The molecule has 1 N–H and O–H groups in total. The number of cyclic esters (lactones) is 1. The summed E-state index contributed by atoms with van der Waals surface area (Å²) < 4.78 is 4.95. The zero-order valence-corrected chi connectivity index (χ0v) is 15.7. The summed E-state index contributed by atoms with van der Waals surface area (Å²) in [5.74, 6) is 0. The Bertz CT molecular complexity index is 672. The molecule has 0 saturated carbocycles. The van der Waals surface area contributed by atoms with Crippen LogP contribution in [0.3, 0.4) is 0 Å². The summed E-state index contributed by atoms with van der Waals surface area (Å²) in [6, 6.07) is 8.19. The Hall–Kier alpha value is -2.28. The van der Waals surface area contributed by atoms with Gasteiger partial charge in [-0.15, -0.1) is 0 Å². The van der Waals surface area contributed by atoms with E-state index in [4.69, 9.17) is 4.74 Å². The molecule has 1 atom stereocenters. The van der Waals surface area contributed by atoms with Gasteiger partial charge in [0.25, 0.3) is 0 Å². The molecule has 0 radical (unpaired) electrons. The number of nitrogens with zero attached hydrogens (tertiary/aromatic N) is 3. The fourth-order valence-corrected chi connectivity index (χ4v) is 4.23. The van der Waals surface area contributed by atoms with Crippen molar-refractivity contribution in [2.45, 2.75) is 38.3 Å². The molecule has 1 aromatic rings. The standard InChI is InChI=1S/C20H28N4O3/c25-19(23-11-3-4-18(15-23)22-9-1-2-10-22)21-17-7-5-16(6-8-17)14-24-12-13-27-20(24)26/h5-8,18H,1-4,9-15H2,(H,21,25)/t18-/m0/s1. The number of amides is 3. The number of nitrogens with one attached hydrogen (secondary N) is 1.